The van der Waals surface area contributed by atoms with Gasteiger partial charge in [-0.05, 0) is 19.1 Å². The van der Waals surface area contributed by atoms with Gasteiger partial charge in [0.25, 0.3) is 0 Å². The molecule has 0 unspecified atom stereocenters. The zero-order valence-electron chi connectivity index (χ0n) is 12.3. The smallest absolute Gasteiger partial charge is 0.248 e. The van der Waals surface area contributed by atoms with Gasteiger partial charge in [0.2, 0.25) is 10.0 Å². The van der Waals surface area contributed by atoms with E-state index in [9.17, 15) is 8.42 Å². The van der Waals surface area contributed by atoms with E-state index in [0.717, 1.165) is 30.3 Å². The van der Waals surface area contributed by atoms with Crippen molar-refractivity contribution in [2.75, 3.05) is 43.1 Å². The molecule has 0 saturated carbocycles. The third kappa shape index (κ3) is 2.62. The van der Waals surface area contributed by atoms with Gasteiger partial charge in [-0.2, -0.15) is 16.1 Å². The van der Waals surface area contributed by atoms with E-state index in [0.29, 0.717) is 17.3 Å². The van der Waals surface area contributed by atoms with Crippen LogP contribution in [0.15, 0.2) is 23.1 Å². The summed E-state index contributed by atoms with van der Waals surface area (Å²) in [6.07, 6.45) is 0. The Morgan fingerprint density at radius 1 is 1.29 bits per heavy atom. The number of sulfonamides is 1. The Morgan fingerprint density at radius 2 is 2.00 bits per heavy atom. The van der Waals surface area contributed by atoms with Crippen LogP contribution in [0.3, 0.4) is 0 Å². The third-order valence-electron chi connectivity index (χ3n) is 4.05. The fraction of sp³-hybridized carbons (Fsp3) is 0.571. The monoisotopic (exact) mass is 328 g/mol. The van der Waals surface area contributed by atoms with Crippen LogP contribution in [0.4, 0.5) is 5.69 Å². The second kappa shape index (κ2) is 5.70. The summed E-state index contributed by atoms with van der Waals surface area (Å²) >= 11 is 1.90. The third-order valence-corrected chi connectivity index (χ3v) is 7.03. The van der Waals surface area contributed by atoms with Crippen molar-refractivity contribution in [2.24, 2.45) is 0 Å². The number of nitrogens with zero attached hydrogens (tertiary/aromatic N) is 2. The molecular formula is C14H20N2O3S2. The summed E-state index contributed by atoms with van der Waals surface area (Å²) in [6.45, 7) is 3.98. The number of ether oxygens (including phenoxy) is 1. The van der Waals surface area contributed by atoms with Crippen molar-refractivity contribution in [3.63, 3.8) is 0 Å². The van der Waals surface area contributed by atoms with Crippen LogP contribution < -0.4 is 9.64 Å². The van der Waals surface area contributed by atoms with Crippen LogP contribution in [-0.4, -0.2) is 57.0 Å². The van der Waals surface area contributed by atoms with Gasteiger partial charge < -0.3 is 9.64 Å². The lowest BCUT2D eigenvalue weighted by atomic mass is 10.2. The minimum atomic E-state index is -3.53. The summed E-state index contributed by atoms with van der Waals surface area (Å²) < 4.78 is 33.0. The van der Waals surface area contributed by atoms with Crippen molar-refractivity contribution in [3.05, 3.63) is 18.2 Å². The van der Waals surface area contributed by atoms with Crippen LogP contribution in [-0.2, 0) is 10.0 Å². The number of anilines is 1. The number of rotatable bonds is 1. The number of benzene rings is 1. The molecular weight excluding hydrogens is 308 g/mol. The van der Waals surface area contributed by atoms with Gasteiger partial charge in [-0.15, -0.1) is 0 Å². The molecule has 5 nitrogen and oxygen atoms in total. The van der Waals surface area contributed by atoms with Crippen molar-refractivity contribution in [1.82, 2.24) is 4.31 Å². The molecule has 21 heavy (non-hydrogen) atoms. The maximum absolute atomic E-state index is 12.9. The molecule has 1 fully saturated rings. The van der Waals surface area contributed by atoms with Crippen LogP contribution in [0, 0.1) is 0 Å². The molecule has 1 atom stereocenters. The Kier molecular flexibility index (Phi) is 4.07. The molecule has 1 aromatic rings. The Hall–Kier alpha value is -0.920. The summed E-state index contributed by atoms with van der Waals surface area (Å²) in [5, 5.41) is 0. The zero-order valence-corrected chi connectivity index (χ0v) is 13.9. The number of hydrogen-bond donors (Lipinski definition) is 0. The maximum atomic E-state index is 12.9. The normalized spacial score (nSPS) is 25.8. The van der Waals surface area contributed by atoms with E-state index in [1.807, 2.05) is 30.8 Å². The molecule has 1 saturated heterocycles. The topological polar surface area (TPSA) is 49.9 Å². The number of likely N-dealkylation sites (N-methyl/N-ethyl adjacent to an activating group) is 1. The van der Waals surface area contributed by atoms with Crippen LogP contribution in [0.5, 0.6) is 5.75 Å². The Morgan fingerprint density at radius 3 is 2.71 bits per heavy atom. The van der Waals surface area contributed by atoms with Gasteiger partial charge in [0, 0.05) is 31.6 Å². The average Bonchev–Trinajstić information content (AvgIpc) is 2.59. The van der Waals surface area contributed by atoms with E-state index in [-0.39, 0.29) is 6.04 Å². The van der Waals surface area contributed by atoms with E-state index in [2.05, 4.69) is 4.90 Å². The summed E-state index contributed by atoms with van der Waals surface area (Å²) in [4.78, 5) is 2.48. The predicted octanol–water partition coefficient (Wildman–Crippen LogP) is 1.64. The van der Waals surface area contributed by atoms with Crippen molar-refractivity contribution in [1.29, 1.82) is 0 Å². The van der Waals surface area contributed by atoms with E-state index >= 15 is 0 Å². The van der Waals surface area contributed by atoms with Gasteiger partial charge in [0.05, 0.1) is 11.7 Å². The van der Waals surface area contributed by atoms with Crippen molar-refractivity contribution < 1.29 is 13.2 Å². The summed E-state index contributed by atoms with van der Waals surface area (Å²) in [5.74, 6) is 2.52. The Bertz CT molecular complexity index is 627. The molecule has 2 aliphatic heterocycles. The van der Waals surface area contributed by atoms with Crippen LogP contribution in [0.1, 0.15) is 6.92 Å². The molecule has 0 aromatic heterocycles. The number of hydrogen-bond acceptors (Lipinski definition) is 5. The molecule has 116 valence electrons. The lowest BCUT2D eigenvalue weighted by molar-refractivity contribution is 0.241. The number of fused-ring (bicyclic) bond motifs is 1. The van der Waals surface area contributed by atoms with Gasteiger partial charge in [-0.3, -0.25) is 0 Å². The standard InChI is InChI=1S/C14H20N2O3S2/c1-11-10-19-13-5-3-4-12(16-6-8-20-9-7-16)14(13)21(17,18)15(11)2/h3-5,11H,6-10H2,1-2H3/t11-/m1/s1. The van der Waals surface area contributed by atoms with Crippen LogP contribution in [0.2, 0.25) is 0 Å². The van der Waals surface area contributed by atoms with Crippen molar-refractivity contribution >= 4 is 27.5 Å². The summed E-state index contributed by atoms with van der Waals surface area (Å²) in [5.41, 5.74) is 0.772. The Balaban J connectivity index is 2.13. The minimum Gasteiger partial charge on any atom is -0.490 e. The van der Waals surface area contributed by atoms with Crippen LogP contribution in [0.25, 0.3) is 0 Å². The van der Waals surface area contributed by atoms with Gasteiger partial charge in [-0.1, -0.05) is 6.07 Å². The summed E-state index contributed by atoms with van der Waals surface area (Å²) in [6, 6.07) is 5.34. The van der Waals surface area contributed by atoms with E-state index in [4.69, 9.17) is 4.74 Å². The molecule has 3 rings (SSSR count). The molecule has 2 aliphatic rings. The van der Waals surface area contributed by atoms with E-state index in [1.54, 1.807) is 13.1 Å². The largest absolute Gasteiger partial charge is 0.490 e. The molecule has 0 amide bonds. The SMILES string of the molecule is C[C@@H]1COc2cccc(N3CCSCC3)c2S(=O)(=O)N1C. The number of thioether (sulfide) groups is 1. The molecule has 2 heterocycles. The fourth-order valence-electron chi connectivity index (χ4n) is 2.63. The van der Waals surface area contributed by atoms with Crippen molar-refractivity contribution in [2.45, 2.75) is 17.9 Å². The molecule has 0 radical (unpaired) electrons. The van der Waals surface area contributed by atoms with Gasteiger partial charge in [-0.25, -0.2) is 8.42 Å². The zero-order chi connectivity index (χ0) is 15.0. The first-order valence-corrected chi connectivity index (χ1v) is 9.68. The molecule has 1 aromatic carbocycles. The first kappa shape index (κ1) is 15.0. The van der Waals surface area contributed by atoms with Crippen LogP contribution >= 0.6 is 11.8 Å². The van der Waals surface area contributed by atoms with Crippen molar-refractivity contribution in [3.8, 4) is 5.75 Å². The summed E-state index contributed by atoms with van der Waals surface area (Å²) in [7, 11) is -1.90. The Labute approximate surface area is 130 Å². The van der Waals surface area contributed by atoms with Gasteiger partial charge in [0.1, 0.15) is 17.3 Å². The predicted molar refractivity (Wildman–Crippen MR) is 85.9 cm³/mol. The van der Waals surface area contributed by atoms with E-state index in [1.165, 1.54) is 4.31 Å². The first-order chi connectivity index (χ1) is 10.0. The second-order valence-corrected chi connectivity index (χ2v) is 8.54. The second-order valence-electron chi connectivity index (χ2n) is 5.39. The molecule has 0 bridgehead atoms. The lowest BCUT2D eigenvalue weighted by Crippen LogP contribution is -2.38. The average molecular weight is 328 g/mol. The molecule has 0 aliphatic carbocycles. The maximum Gasteiger partial charge on any atom is 0.248 e. The molecule has 0 N–H and O–H groups in total. The first-order valence-electron chi connectivity index (χ1n) is 7.08. The molecule has 7 heteroatoms. The highest BCUT2D eigenvalue weighted by Crippen LogP contribution is 2.38. The van der Waals surface area contributed by atoms with Gasteiger partial charge in [0.15, 0.2) is 0 Å². The quantitative estimate of drug-likeness (QED) is 0.784. The highest BCUT2D eigenvalue weighted by Gasteiger charge is 2.35. The van der Waals surface area contributed by atoms with E-state index < -0.39 is 10.0 Å². The van der Waals surface area contributed by atoms with Gasteiger partial charge >= 0.3 is 0 Å². The highest BCUT2D eigenvalue weighted by atomic mass is 32.2. The fourth-order valence-corrected chi connectivity index (χ4v) is 5.20. The highest BCUT2D eigenvalue weighted by molar-refractivity contribution is 7.99. The molecule has 0 spiro atoms. The minimum absolute atomic E-state index is 0.174. The lowest BCUT2D eigenvalue weighted by Gasteiger charge is -2.31.